The Kier molecular flexibility index (Phi) is 4.24. The molecular weight excluding hydrogens is 234 g/mol. The molecule has 1 atom stereocenters. The lowest BCUT2D eigenvalue weighted by Crippen LogP contribution is -2.36. The summed E-state index contributed by atoms with van der Waals surface area (Å²) in [6.07, 6.45) is 4.46. The summed E-state index contributed by atoms with van der Waals surface area (Å²) in [6.45, 7) is 2.26. The molecule has 0 bridgehead atoms. The first-order valence-corrected chi connectivity index (χ1v) is 6.66. The summed E-state index contributed by atoms with van der Waals surface area (Å²) in [4.78, 5) is 9.10. The number of alkyl halides is 1. The first kappa shape index (κ1) is 12.7. The number of halogens is 1. The van der Waals surface area contributed by atoms with Crippen molar-refractivity contribution in [3.05, 3.63) is 23.9 Å². The van der Waals surface area contributed by atoms with E-state index in [0.29, 0.717) is 11.9 Å². The number of nitrogens with zero attached hydrogens (tertiary/aromatic N) is 3. The van der Waals surface area contributed by atoms with Gasteiger partial charge in [-0.3, -0.25) is 0 Å². The summed E-state index contributed by atoms with van der Waals surface area (Å²) in [5.41, 5.74) is 1.07. The molecule has 0 radical (unpaired) electrons. The summed E-state index contributed by atoms with van der Waals surface area (Å²) >= 11 is 5.76. The van der Waals surface area contributed by atoms with E-state index in [4.69, 9.17) is 11.6 Å². The van der Waals surface area contributed by atoms with Crippen LogP contribution in [-0.2, 0) is 5.88 Å². The van der Waals surface area contributed by atoms with Crippen molar-refractivity contribution in [2.45, 2.75) is 24.8 Å². The van der Waals surface area contributed by atoms with Crippen molar-refractivity contribution in [2.24, 2.45) is 0 Å². The molecule has 1 aliphatic heterocycles. The van der Waals surface area contributed by atoms with Gasteiger partial charge in [-0.1, -0.05) is 6.07 Å². The predicted molar refractivity (Wildman–Crippen MR) is 72.7 cm³/mol. The molecule has 94 valence electrons. The minimum Gasteiger partial charge on any atom is -0.358 e. The Morgan fingerprint density at radius 1 is 1.53 bits per heavy atom. The van der Waals surface area contributed by atoms with Crippen molar-refractivity contribution < 1.29 is 0 Å². The third-order valence-corrected chi connectivity index (χ3v) is 3.82. The topological polar surface area (TPSA) is 19.4 Å². The molecule has 2 heterocycles. The standard InChI is InChI=1S/C13H20ClN3/c1-16-7-3-4-12(16)10-17(2)13-6-5-11(8-14)9-15-13/h5-6,9,12H,3-4,7-8,10H2,1-2H3. The van der Waals surface area contributed by atoms with Crippen LogP contribution in [0.25, 0.3) is 0 Å². The summed E-state index contributed by atoms with van der Waals surface area (Å²) in [5.74, 6) is 1.56. The predicted octanol–water partition coefficient (Wildman–Crippen LogP) is 2.35. The smallest absolute Gasteiger partial charge is 0.128 e. The highest BCUT2D eigenvalue weighted by molar-refractivity contribution is 6.17. The molecule has 0 amide bonds. The van der Waals surface area contributed by atoms with Gasteiger partial charge in [-0.25, -0.2) is 4.98 Å². The van der Waals surface area contributed by atoms with Crippen LogP contribution in [0.2, 0.25) is 0 Å². The van der Waals surface area contributed by atoms with Gasteiger partial charge in [-0.15, -0.1) is 11.6 Å². The SMILES string of the molecule is CN(CC1CCCN1C)c1ccc(CCl)cn1. The molecule has 0 spiro atoms. The van der Waals surface area contributed by atoms with Crippen LogP contribution < -0.4 is 4.90 Å². The molecule has 0 N–H and O–H groups in total. The number of hydrogen-bond donors (Lipinski definition) is 0. The molecule has 2 rings (SSSR count). The molecule has 17 heavy (non-hydrogen) atoms. The van der Waals surface area contributed by atoms with Crippen LogP contribution in [0.3, 0.4) is 0 Å². The van der Waals surface area contributed by atoms with Crippen LogP contribution in [0.15, 0.2) is 18.3 Å². The Hall–Kier alpha value is -0.800. The maximum Gasteiger partial charge on any atom is 0.128 e. The minimum atomic E-state index is 0.530. The van der Waals surface area contributed by atoms with Gasteiger partial charge in [0.2, 0.25) is 0 Å². The van der Waals surface area contributed by atoms with Gasteiger partial charge in [0.05, 0.1) is 0 Å². The molecule has 1 saturated heterocycles. The Morgan fingerprint density at radius 2 is 2.35 bits per heavy atom. The van der Waals surface area contributed by atoms with Crippen LogP contribution in [-0.4, -0.2) is 43.1 Å². The molecule has 1 fully saturated rings. The fraction of sp³-hybridized carbons (Fsp3) is 0.615. The van der Waals surface area contributed by atoms with Crippen LogP contribution in [0.1, 0.15) is 18.4 Å². The lowest BCUT2D eigenvalue weighted by Gasteiger charge is -2.26. The monoisotopic (exact) mass is 253 g/mol. The van der Waals surface area contributed by atoms with Crippen LogP contribution in [0, 0.1) is 0 Å². The largest absolute Gasteiger partial charge is 0.358 e. The van der Waals surface area contributed by atoms with Crippen molar-refractivity contribution in [2.75, 3.05) is 32.1 Å². The van der Waals surface area contributed by atoms with E-state index in [1.54, 1.807) is 0 Å². The number of rotatable bonds is 4. The zero-order valence-corrected chi connectivity index (χ0v) is 11.3. The maximum absolute atomic E-state index is 5.76. The lowest BCUT2D eigenvalue weighted by molar-refractivity contribution is 0.314. The summed E-state index contributed by atoms with van der Waals surface area (Å²) in [5, 5.41) is 0. The third kappa shape index (κ3) is 3.11. The highest BCUT2D eigenvalue weighted by Crippen LogP contribution is 2.18. The zero-order valence-electron chi connectivity index (χ0n) is 10.6. The van der Waals surface area contributed by atoms with Gasteiger partial charge < -0.3 is 9.80 Å². The first-order chi connectivity index (χ1) is 8.20. The van der Waals surface area contributed by atoms with E-state index in [1.807, 2.05) is 18.3 Å². The van der Waals surface area contributed by atoms with Gasteiger partial charge >= 0.3 is 0 Å². The maximum atomic E-state index is 5.76. The fourth-order valence-corrected chi connectivity index (χ4v) is 2.50. The number of likely N-dealkylation sites (N-methyl/N-ethyl adjacent to an activating group) is 2. The zero-order chi connectivity index (χ0) is 12.3. The molecule has 0 aliphatic carbocycles. The van der Waals surface area contributed by atoms with Gasteiger partial charge in [0.1, 0.15) is 5.82 Å². The molecule has 0 saturated carbocycles. The Labute approximate surface area is 108 Å². The van der Waals surface area contributed by atoms with Gasteiger partial charge in [0.15, 0.2) is 0 Å². The molecule has 0 aromatic carbocycles. The normalized spacial score (nSPS) is 20.8. The molecule has 1 aromatic heterocycles. The number of aromatic nitrogens is 1. The van der Waals surface area contributed by atoms with Gasteiger partial charge in [0, 0.05) is 31.7 Å². The second-order valence-corrected chi connectivity index (χ2v) is 5.08. The van der Waals surface area contributed by atoms with E-state index in [2.05, 4.69) is 28.9 Å². The molecule has 1 unspecified atom stereocenters. The highest BCUT2D eigenvalue weighted by Gasteiger charge is 2.22. The van der Waals surface area contributed by atoms with Crippen molar-refractivity contribution in [3.63, 3.8) is 0 Å². The van der Waals surface area contributed by atoms with Crippen molar-refractivity contribution in [3.8, 4) is 0 Å². The average Bonchev–Trinajstić information content (AvgIpc) is 2.75. The first-order valence-electron chi connectivity index (χ1n) is 6.13. The number of anilines is 1. The van der Waals surface area contributed by atoms with Gasteiger partial charge in [0.25, 0.3) is 0 Å². The van der Waals surface area contributed by atoms with E-state index in [1.165, 1.54) is 19.4 Å². The average molecular weight is 254 g/mol. The molecular formula is C13H20ClN3. The number of hydrogen-bond acceptors (Lipinski definition) is 3. The van der Waals surface area contributed by atoms with Crippen molar-refractivity contribution in [1.82, 2.24) is 9.88 Å². The molecule has 3 nitrogen and oxygen atoms in total. The third-order valence-electron chi connectivity index (χ3n) is 3.51. The van der Waals surface area contributed by atoms with E-state index >= 15 is 0 Å². The number of likely N-dealkylation sites (tertiary alicyclic amines) is 1. The van der Waals surface area contributed by atoms with Crippen molar-refractivity contribution >= 4 is 17.4 Å². The Bertz CT molecular complexity index is 352. The molecule has 1 aliphatic rings. The summed E-state index contributed by atoms with van der Waals surface area (Å²) in [6, 6.07) is 4.76. The second-order valence-electron chi connectivity index (χ2n) is 4.82. The van der Waals surface area contributed by atoms with E-state index in [9.17, 15) is 0 Å². The second kappa shape index (κ2) is 5.69. The summed E-state index contributed by atoms with van der Waals surface area (Å²) < 4.78 is 0. The number of pyridine rings is 1. The van der Waals surface area contributed by atoms with Crippen molar-refractivity contribution in [1.29, 1.82) is 0 Å². The lowest BCUT2D eigenvalue weighted by atomic mass is 10.2. The van der Waals surface area contributed by atoms with Crippen LogP contribution in [0.5, 0.6) is 0 Å². The Balaban J connectivity index is 1.96. The van der Waals surface area contributed by atoms with Gasteiger partial charge in [-0.2, -0.15) is 0 Å². The Morgan fingerprint density at radius 3 is 2.88 bits per heavy atom. The van der Waals surface area contributed by atoms with E-state index < -0.39 is 0 Å². The molecule has 1 aromatic rings. The van der Waals surface area contributed by atoms with E-state index in [0.717, 1.165) is 17.9 Å². The summed E-state index contributed by atoms with van der Waals surface area (Å²) in [7, 11) is 4.31. The molecule has 4 heteroatoms. The quantitative estimate of drug-likeness (QED) is 0.768. The minimum absolute atomic E-state index is 0.530. The van der Waals surface area contributed by atoms with Gasteiger partial charge in [-0.05, 0) is 38.1 Å². The highest BCUT2D eigenvalue weighted by atomic mass is 35.5. The van der Waals surface area contributed by atoms with Crippen LogP contribution in [0.4, 0.5) is 5.82 Å². The van der Waals surface area contributed by atoms with E-state index in [-0.39, 0.29) is 0 Å². The van der Waals surface area contributed by atoms with Crippen LogP contribution >= 0.6 is 11.6 Å². The fourth-order valence-electron chi connectivity index (χ4n) is 2.34.